The molecule has 3 rings (SSSR count). The van der Waals surface area contributed by atoms with Gasteiger partial charge in [-0.25, -0.2) is 8.42 Å². The average Bonchev–Trinajstić information content (AvgIpc) is 3.26. The molecule has 8 nitrogen and oxygen atoms in total. The highest BCUT2D eigenvalue weighted by Gasteiger charge is 2.26. The summed E-state index contributed by atoms with van der Waals surface area (Å²) in [6, 6.07) is 10.5. The van der Waals surface area contributed by atoms with Crippen molar-refractivity contribution in [3.05, 3.63) is 53.6 Å². The van der Waals surface area contributed by atoms with Crippen LogP contribution in [0.15, 0.2) is 47.4 Å². The number of hydrogen-bond donors (Lipinski definition) is 2. The Hall–Kier alpha value is -3.07. The third-order valence-corrected chi connectivity index (χ3v) is 6.37. The number of nitrogens with one attached hydrogen (secondary N) is 2. The lowest BCUT2D eigenvalue weighted by molar-refractivity contribution is 0.0788. The van der Waals surface area contributed by atoms with E-state index in [0.29, 0.717) is 18.8 Å². The molecule has 1 aliphatic rings. The number of ether oxygens (including phenoxy) is 1. The number of sulfonamides is 1. The van der Waals surface area contributed by atoms with Crippen molar-refractivity contribution in [2.24, 2.45) is 0 Å². The number of para-hydroxylation sites is 1. The number of likely N-dealkylation sites (tertiary alicyclic amines) is 1. The molecule has 1 aliphatic heterocycles. The minimum atomic E-state index is -4.07. The minimum Gasteiger partial charge on any atom is -0.496 e. The first kappa shape index (κ1) is 23.6. The van der Waals surface area contributed by atoms with E-state index in [2.05, 4.69) is 10.0 Å². The second-order valence-electron chi connectivity index (χ2n) is 8.72. The highest BCUT2D eigenvalue weighted by Crippen LogP contribution is 2.27. The van der Waals surface area contributed by atoms with Gasteiger partial charge in [0.1, 0.15) is 5.75 Å². The second-order valence-corrected chi connectivity index (χ2v) is 10.4. The summed E-state index contributed by atoms with van der Waals surface area (Å²) in [6.07, 6.45) is 1.84. The van der Waals surface area contributed by atoms with E-state index in [4.69, 9.17) is 4.74 Å². The van der Waals surface area contributed by atoms with Crippen molar-refractivity contribution in [1.82, 2.24) is 10.2 Å². The zero-order valence-corrected chi connectivity index (χ0v) is 19.6. The first-order valence-electron chi connectivity index (χ1n) is 10.4. The van der Waals surface area contributed by atoms with E-state index >= 15 is 0 Å². The molecule has 0 spiro atoms. The van der Waals surface area contributed by atoms with Gasteiger partial charge in [0.25, 0.3) is 21.8 Å². The molecule has 0 aliphatic carbocycles. The number of anilines is 1. The molecule has 1 heterocycles. The van der Waals surface area contributed by atoms with Crippen LogP contribution in [0.2, 0.25) is 0 Å². The van der Waals surface area contributed by atoms with Crippen LogP contribution in [0.3, 0.4) is 0 Å². The van der Waals surface area contributed by atoms with Crippen LogP contribution in [0.5, 0.6) is 5.75 Å². The van der Waals surface area contributed by atoms with Crippen LogP contribution in [0.4, 0.5) is 5.69 Å². The van der Waals surface area contributed by atoms with Crippen LogP contribution < -0.4 is 14.8 Å². The van der Waals surface area contributed by atoms with Crippen LogP contribution in [0, 0.1) is 0 Å². The molecule has 2 amide bonds. The van der Waals surface area contributed by atoms with E-state index in [-0.39, 0.29) is 27.6 Å². The van der Waals surface area contributed by atoms with Gasteiger partial charge in [-0.15, -0.1) is 0 Å². The number of carbonyl (C=O) groups excluding carboxylic acids is 2. The van der Waals surface area contributed by atoms with E-state index in [9.17, 15) is 18.0 Å². The van der Waals surface area contributed by atoms with Crippen molar-refractivity contribution in [3.8, 4) is 5.75 Å². The molecular weight excluding hydrogens is 430 g/mol. The highest BCUT2D eigenvalue weighted by atomic mass is 32.2. The van der Waals surface area contributed by atoms with Crippen LogP contribution >= 0.6 is 0 Å². The maximum absolute atomic E-state index is 13.1. The van der Waals surface area contributed by atoms with Gasteiger partial charge in [-0.05, 0) is 63.9 Å². The minimum absolute atomic E-state index is 0.0909. The van der Waals surface area contributed by atoms with Gasteiger partial charge in [-0.1, -0.05) is 12.1 Å². The van der Waals surface area contributed by atoms with E-state index < -0.39 is 21.5 Å². The number of nitrogens with zero attached hydrogens (tertiary/aromatic N) is 1. The normalized spacial score (nSPS) is 14.2. The van der Waals surface area contributed by atoms with Crippen molar-refractivity contribution in [2.75, 3.05) is 24.9 Å². The number of methoxy groups -OCH3 is 1. The van der Waals surface area contributed by atoms with Crippen molar-refractivity contribution < 1.29 is 22.7 Å². The Kier molecular flexibility index (Phi) is 6.78. The molecule has 0 aromatic heterocycles. The molecule has 0 bridgehead atoms. The molecule has 32 heavy (non-hydrogen) atoms. The Morgan fingerprint density at radius 1 is 1.00 bits per heavy atom. The van der Waals surface area contributed by atoms with Crippen molar-refractivity contribution in [2.45, 2.75) is 44.0 Å². The fourth-order valence-corrected chi connectivity index (χ4v) is 4.60. The van der Waals surface area contributed by atoms with Gasteiger partial charge in [0.05, 0.1) is 28.8 Å². The van der Waals surface area contributed by atoms with E-state index in [0.717, 1.165) is 12.8 Å². The summed E-state index contributed by atoms with van der Waals surface area (Å²) in [5, 5.41) is 2.83. The number of amides is 2. The largest absolute Gasteiger partial charge is 0.496 e. The predicted octanol–water partition coefficient (Wildman–Crippen LogP) is 3.26. The second kappa shape index (κ2) is 9.20. The first-order chi connectivity index (χ1) is 15.0. The van der Waals surface area contributed by atoms with Crippen LogP contribution in [0.25, 0.3) is 0 Å². The Morgan fingerprint density at radius 3 is 2.28 bits per heavy atom. The quantitative estimate of drug-likeness (QED) is 0.690. The lowest BCUT2D eigenvalue weighted by atomic mass is 10.1. The molecule has 0 saturated carbocycles. The summed E-state index contributed by atoms with van der Waals surface area (Å²) in [4.78, 5) is 27.2. The zero-order valence-electron chi connectivity index (χ0n) is 18.8. The summed E-state index contributed by atoms with van der Waals surface area (Å²) in [5.41, 5.74) is 0.0607. The van der Waals surface area contributed by atoms with Gasteiger partial charge < -0.3 is 15.0 Å². The van der Waals surface area contributed by atoms with Gasteiger partial charge >= 0.3 is 0 Å². The van der Waals surface area contributed by atoms with Crippen LogP contribution in [-0.4, -0.2) is 50.9 Å². The molecule has 1 fully saturated rings. The van der Waals surface area contributed by atoms with E-state index in [1.807, 2.05) is 20.8 Å². The van der Waals surface area contributed by atoms with Gasteiger partial charge in [0, 0.05) is 18.6 Å². The van der Waals surface area contributed by atoms with E-state index in [1.165, 1.54) is 31.4 Å². The standard InChI is InChI=1S/C23H29N3O5S/c1-23(2,3)24-21(27)17-9-5-6-10-19(17)25-32(29,30)16-11-12-20(31-4)18(15-16)22(28)26-13-7-8-14-26/h5-6,9-12,15,25H,7-8,13-14H2,1-4H3,(H,24,27). The van der Waals surface area contributed by atoms with Crippen molar-refractivity contribution in [1.29, 1.82) is 0 Å². The molecule has 0 radical (unpaired) electrons. The smallest absolute Gasteiger partial charge is 0.261 e. The summed E-state index contributed by atoms with van der Waals surface area (Å²) in [5.74, 6) is -0.345. The number of hydrogen-bond acceptors (Lipinski definition) is 5. The third-order valence-electron chi connectivity index (χ3n) is 5.01. The Labute approximate surface area is 189 Å². The lowest BCUT2D eigenvalue weighted by Gasteiger charge is -2.22. The topological polar surface area (TPSA) is 105 Å². The first-order valence-corrected chi connectivity index (χ1v) is 11.9. The molecule has 172 valence electrons. The zero-order chi connectivity index (χ0) is 23.5. The Morgan fingerprint density at radius 2 is 1.66 bits per heavy atom. The molecule has 2 aromatic rings. The lowest BCUT2D eigenvalue weighted by Crippen LogP contribution is -2.40. The maximum Gasteiger partial charge on any atom is 0.261 e. The van der Waals surface area contributed by atoms with Gasteiger partial charge in [0.15, 0.2) is 0 Å². The van der Waals surface area contributed by atoms with Crippen LogP contribution in [0.1, 0.15) is 54.3 Å². The SMILES string of the molecule is COc1ccc(S(=O)(=O)Nc2ccccc2C(=O)NC(C)(C)C)cc1C(=O)N1CCCC1. The number of rotatable bonds is 6. The van der Waals surface area contributed by atoms with Crippen molar-refractivity contribution >= 4 is 27.5 Å². The molecule has 0 atom stereocenters. The maximum atomic E-state index is 13.1. The molecule has 1 saturated heterocycles. The van der Waals surface area contributed by atoms with Gasteiger partial charge in [-0.2, -0.15) is 0 Å². The molecular formula is C23H29N3O5S. The van der Waals surface area contributed by atoms with E-state index in [1.54, 1.807) is 23.1 Å². The number of benzene rings is 2. The predicted molar refractivity (Wildman–Crippen MR) is 123 cm³/mol. The molecule has 2 aromatic carbocycles. The Balaban J connectivity index is 1.93. The summed E-state index contributed by atoms with van der Waals surface area (Å²) >= 11 is 0. The van der Waals surface area contributed by atoms with Crippen LogP contribution in [-0.2, 0) is 10.0 Å². The highest BCUT2D eigenvalue weighted by molar-refractivity contribution is 7.92. The molecule has 0 unspecified atom stereocenters. The van der Waals surface area contributed by atoms with Gasteiger partial charge in [-0.3, -0.25) is 14.3 Å². The third kappa shape index (κ3) is 5.40. The fourth-order valence-electron chi connectivity index (χ4n) is 3.49. The summed E-state index contributed by atoms with van der Waals surface area (Å²) in [6.45, 7) is 6.79. The summed E-state index contributed by atoms with van der Waals surface area (Å²) in [7, 11) is -2.64. The number of carbonyl (C=O) groups is 2. The molecule has 9 heteroatoms. The monoisotopic (exact) mass is 459 g/mol. The van der Waals surface area contributed by atoms with Crippen molar-refractivity contribution in [3.63, 3.8) is 0 Å². The fraction of sp³-hybridized carbons (Fsp3) is 0.391. The summed E-state index contributed by atoms with van der Waals surface area (Å²) < 4.78 is 34.1. The Bertz CT molecular complexity index is 1120. The molecule has 2 N–H and O–H groups in total. The average molecular weight is 460 g/mol. The van der Waals surface area contributed by atoms with Gasteiger partial charge in [0.2, 0.25) is 0 Å².